The highest BCUT2D eigenvalue weighted by molar-refractivity contribution is 7.13. The number of rotatable bonds is 10. The number of nitrogens with zero attached hydrogens (tertiary/aromatic N) is 1. The largest absolute Gasteiger partial charge is 0.497 e. The van der Waals surface area contributed by atoms with Crippen LogP contribution in [-0.4, -0.2) is 37.2 Å². The maximum atomic E-state index is 11.9. The van der Waals surface area contributed by atoms with E-state index in [1.165, 1.54) is 11.3 Å². The fraction of sp³-hybridized carbons (Fsp3) is 0.389. The Morgan fingerprint density at radius 2 is 1.92 bits per heavy atom. The monoisotopic (exact) mass is 378 g/mol. The molecule has 1 amide bonds. The zero-order valence-corrected chi connectivity index (χ0v) is 15.6. The molecule has 2 rings (SSSR count). The Labute approximate surface area is 156 Å². The summed E-state index contributed by atoms with van der Waals surface area (Å²) in [6.07, 6.45) is 1.01. The van der Waals surface area contributed by atoms with E-state index in [-0.39, 0.29) is 18.3 Å². The minimum atomic E-state index is -0.327. The average Bonchev–Trinajstić information content (AvgIpc) is 3.06. The first kappa shape index (κ1) is 19.7. The van der Waals surface area contributed by atoms with Crippen molar-refractivity contribution in [1.29, 1.82) is 0 Å². The summed E-state index contributed by atoms with van der Waals surface area (Å²) < 4.78 is 15.5. The highest BCUT2D eigenvalue weighted by atomic mass is 32.1. The molecule has 0 saturated carbocycles. The van der Waals surface area contributed by atoms with E-state index in [9.17, 15) is 9.59 Å². The standard InChI is InChI=1S/C18H22N2O5S/c1-3-24-17(22)11-13-12-26-18(19-13)20-16(21)5-4-10-25-15-8-6-14(23-2)7-9-15/h6-9,12H,3-5,10-11H2,1-2H3,(H,19,20,21). The Bertz CT molecular complexity index is 715. The predicted octanol–water partition coefficient (Wildman–Crippen LogP) is 3.06. The van der Waals surface area contributed by atoms with Crippen molar-refractivity contribution in [1.82, 2.24) is 4.98 Å². The molecule has 0 aliphatic rings. The van der Waals surface area contributed by atoms with Crippen molar-refractivity contribution in [2.24, 2.45) is 0 Å². The van der Waals surface area contributed by atoms with E-state index in [0.717, 1.165) is 11.5 Å². The second-order valence-corrected chi connectivity index (χ2v) is 6.16. The molecule has 2 aromatic rings. The van der Waals surface area contributed by atoms with Gasteiger partial charge in [0.05, 0.1) is 32.4 Å². The van der Waals surface area contributed by atoms with E-state index in [4.69, 9.17) is 14.2 Å². The number of ether oxygens (including phenoxy) is 3. The molecule has 1 heterocycles. The first-order valence-electron chi connectivity index (χ1n) is 8.27. The van der Waals surface area contributed by atoms with E-state index >= 15 is 0 Å². The number of benzene rings is 1. The fourth-order valence-electron chi connectivity index (χ4n) is 2.08. The Balaban J connectivity index is 1.67. The predicted molar refractivity (Wildman–Crippen MR) is 98.8 cm³/mol. The van der Waals surface area contributed by atoms with Gasteiger partial charge in [0, 0.05) is 11.8 Å². The number of hydrogen-bond acceptors (Lipinski definition) is 7. The molecule has 0 aliphatic carbocycles. The van der Waals surface area contributed by atoms with Gasteiger partial charge in [-0.1, -0.05) is 0 Å². The molecule has 0 bridgehead atoms. The lowest BCUT2D eigenvalue weighted by Gasteiger charge is -2.07. The number of carbonyl (C=O) groups excluding carboxylic acids is 2. The third-order valence-corrected chi connectivity index (χ3v) is 4.11. The number of nitrogens with one attached hydrogen (secondary N) is 1. The minimum Gasteiger partial charge on any atom is -0.497 e. The number of esters is 1. The average molecular weight is 378 g/mol. The van der Waals surface area contributed by atoms with Crippen molar-refractivity contribution in [3.63, 3.8) is 0 Å². The molecule has 0 spiro atoms. The molecule has 0 radical (unpaired) electrons. The van der Waals surface area contributed by atoms with Crippen LogP contribution in [0.3, 0.4) is 0 Å². The van der Waals surface area contributed by atoms with Gasteiger partial charge in [-0.2, -0.15) is 0 Å². The highest BCUT2D eigenvalue weighted by Crippen LogP contribution is 2.18. The summed E-state index contributed by atoms with van der Waals surface area (Å²) >= 11 is 1.28. The van der Waals surface area contributed by atoms with Crippen LogP contribution in [0.15, 0.2) is 29.6 Å². The van der Waals surface area contributed by atoms with E-state index in [2.05, 4.69) is 10.3 Å². The second kappa shape index (κ2) is 10.4. The lowest BCUT2D eigenvalue weighted by atomic mass is 10.3. The Kier molecular flexibility index (Phi) is 7.88. The molecule has 0 atom stereocenters. The molecule has 0 fully saturated rings. The quantitative estimate of drug-likeness (QED) is 0.505. The van der Waals surface area contributed by atoms with Crippen LogP contribution < -0.4 is 14.8 Å². The van der Waals surface area contributed by atoms with Crippen LogP contribution in [0, 0.1) is 0 Å². The van der Waals surface area contributed by atoms with Gasteiger partial charge in [0.1, 0.15) is 11.5 Å². The minimum absolute atomic E-state index is 0.107. The third kappa shape index (κ3) is 6.72. The van der Waals surface area contributed by atoms with Crippen molar-refractivity contribution in [3.05, 3.63) is 35.3 Å². The summed E-state index contributed by atoms with van der Waals surface area (Å²) in [4.78, 5) is 27.5. The molecule has 1 aromatic heterocycles. The Morgan fingerprint density at radius 3 is 2.62 bits per heavy atom. The SMILES string of the molecule is CCOC(=O)Cc1csc(NC(=O)CCCOc2ccc(OC)cc2)n1. The smallest absolute Gasteiger partial charge is 0.311 e. The second-order valence-electron chi connectivity index (χ2n) is 5.30. The number of carbonyl (C=O) groups is 2. The molecule has 1 aromatic carbocycles. The number of thiazole rings is 1. The van der Waals surface area contributed by atoms with Gasteiger partial charge in [-0.05, 0) is 37.6 Å². The van der Waals surface area contributed by atoms with Crippen LogP contribution in [-0.2, 0) is 20.7 Å². The van der Waals surface area contributed by atoms with Crippen LogP contribution in [0.25, 0.3) is 0 Å². The molecule has 7 nitrogen and oxygen atoms in total. The van der Waals surface area contributed by atoms with E-state index in [1.54, 1.807) is 19.4 Å². The zero-order chi connectivity index (χ0) is 18.8. The third-order valence-electron chi connectivity index (χ3n) is 3.31. The lowest BCUT2D eigenvalue weighted by Crippen LogP contribution is -2.13. The number of anilines is 1. The maximum absolute atomic E-state index is 11.9. The molecule has 26 heavy (non-hydrogen) atoms. The summed E-state index contributed by atoms with van der Waals surface area (Å²) in [7, 11) is 1.61. The van der Waals surface area contributed by atoms with Gasteiger partial charge in [0.15, 0.2) is 5.13 Å². The van der Waals surface area contributed by atoms with Crippen LogP contribution >= 0.6 is 11.3 Å². The van der Waals surface area contributed by atoms with Crippen LogP contribution in [0.1, 0.15) is 25.5 Å². The van der Waals surface area contributed by atoms with Gasteiger partial charge in [-0.25, -0.2) is 4.98 Å². The first-order valence-corrected chi connectivity index (χ1v) is 9.15. The van der Waals surface area contributed by atoms with Crippen molar-refractivity contribution in [3.8, 4) is 11.5 Å². The molecule has 0 unspecified atom stereocenters. The number of hydrogen-bond donors (Lipinski definition) is 1. The number of aromatic nitrogens is 1. The number of amides is 1. The van der Waals surface area contributed by atoms with Crippen molar-refractivity contribution in [2.75, 3.05) is 25.6 Å². The van der Waals surface area contributed by atoms with E-state index in [1.807, 2.05) is 24.3 Å². The maximum Gasteiger partial charge on any atom is 0.311 e. The Hall–Kier alpha value is -2.61. The lowest BCUT2D eigenvalue weighted by molar-refractivity contribution is -0.142. The fourth-order valence-corrected chi connectivity index (χ4v) is 2.81. The van der Waals surface area contributed by atoms with Gasteiger partial charge in [-0.3, -0.25) is 9.59 Å². The normalized spacial score (nSPS) is 10.2. The number of methoxy groups -OCH3 is 1. The van der Waals surface area contributed by atoms with Gasteiger partial charge < -0.3 is 19.5 Å². The van der Waals surface area contributed by atoms with Crippen molar-refractivity contribution in [2.45, 2.75) is 26.2 Å². The summed E-state index contributed by atoms with van der Waals surface area (Å²) in [5, 5.41) is 4.94. The summed E-state index contributed by atoms with van der Waals surface area (Å²) in [5.41, 5.74) is 0.589. The zero-order valence-electron chi connectivity index (χ0n) is 14.8. The molecular weight excluding hydrogens is 356 g/mol. The van der Waals surface area contributed by atoms with Gasteiger partial charge in [0.2, 0.25) is 5.91 Å². The van der Waals surface area contributed by atoms with Crippen LogP contribution in [0.5, 0.6) is 11.5 Å². The molecule has 0 saturated heterocycles. The van der Waals surface area contributed by atoms with Crippen LogP contribution in [0.2, 0.25) is 0 Å². The van der Waals surface area contributed by atoms with Crippen molar-refractivity contribution < 1.29 is 23.8 Å². The van der Waals surface area contributed by atoms with E-state index < -0.39 is 0 Å². The molecule has 0 aliphatic heterocycles. The Morgan fingerprint density at radius 1 is 1.19 bits per heavy atom. The molecular formula is C18H22N2O5S. The van der Waals surface area contributed by atoms with E-state index in [0.29, 0.717) is 36.9 Å². The highest BCUT2D eigenvalue weighted by Gasteiger charge is 2.10. The van der Waals surface area contributed by atoms with Gasteiger partial charge in [-0.15, -0.1) is 11.3 Å². The molecule has 140 valence electrons. The first-order chi connectivity index (χ1) is 12.6. The summed E-state index contributed by atoms with van der Waals surface area (Å²) in [6, 6.07) is 7.27. The molecule has 8 heteroatoms. The topological polar surface area (TPSA) is 86.8 Å². The molecule has 1 N–H and O–H groups in total. The van der Waals surface area contributed by atoms with Crippen LogP contribution in [0.4, 0.5) is 5.13 Å². The summed E-state index contributed by atoms with van der Waals surface area (Å²) in [5.74, 6) is 1.03. The van der Waals surface area contributed by atoms with Crippen molar-refractivity contribution >= 4 is 28.3 Å². The van der Waals surface area contributed by atoms with Gasteiger partial charge in [0.25, 0.3) is 0 Å². The van der Waals surface area contributed by atoms with Gasteiger partial charge >= 0.3 is 5.97 Å². The summed E-state index contributed by atoms with van der Waals surface area (Å²) in [6.45, 7) is 2.53.